The molecule has 0 radical (unpaired) electrons. The highest BCUT2D eigenvalue weighted by Gasteiger charge is 2.33. The molecule has 1 aliphatic heterocycles. The lowest BCUT2D eigenvalue weighted by atomic mass is 10.0. The Morgan fingerprint density at radius 1 is 1.48 bits per heavy atom. The number of aliphatic hydroxyl groups is 1. The van der Waals surface area contributed by atoms with E-state index in [0.29, 0.717) is 25.9 Å². The molecule has 1 fully saturated rings. The van der Waals surface area contributed by atoms with Gasteiger partial charge in [-0.25, -0.2) is 0 Å². The summed E-state index contributed by atoms with van der Waals surface area (Å²) in [5.74, 6) is 0.178. The topological polar surface area (TPSA) is 69.6 Å². The van der Waals surface area contributed by atoms with Crippen LogP contribution in [0.5, 0.6) is 0 Å². The second kappa shape index (κ2) is 8.45. The lowest BCUT2D eigenvalue weighted by Gasteiger charge is -2.24. The minimum absolute atomic E-state index is 0.0297. The molecule has 1 aromatic rings. The number of nitrogens with zero attached hydrogens (tertiary/aromatic N) is 1. The van der Waals surface area contributed by atoms with Crippen LogP contribution in [0.1, 0.15) is 38.0 Å². The Balaban J connectivity index is 1.85. The fraction of sp³-hybridized carbons (Fsp3) is 0.647. The lowest BCUT2D eigenvalue weighted by molar-refractivity contribution is -0.138. The first-order valence-electron chi connectivity index (χ1n) is 8.25. The van der Waals surface area contributed by atoms with Crippen molar-refractivity contribution >= 4 is 23.2 Å². The summed E-state index contributed by atoms with van der Waals surface area (Å²) >= 11 is 1.57. The van der Waals surface area contributed by atoms with Gasteiger partial charge in [0.2, 0.25) is 11.8 Å². The van der Waals surface area contributed by atoms with Crippen LogP contribution in [0.3, 0.4) is 0 Å². The van der Waals surface area contributed by atoms with Crippen LogP contribution in [0.15, 0.2) is 17.5 Å². The van der Waals surface area contributed by atoms with Crippen LogP contribution in [0.25, 0.3) is 0 Å². The maximum absolute atomic E-state index is 12.4. The van der Waals surface area contributed by atoms with E-state index in [4.69, 9.17) is 0 Å². The van der Waals surface area contributed by atoms with Crippen molar-refractivity contribution < 1.29 is 14.7 Å². The summed E-state index contributed by atoms with van der Waals surface area (Å²) < 4.78 is 0. The molecule has 6 heteroatoms. The summed E-state index contributed by atoms with van der Waals surface area (Å²) in [6.45, 7) is 4.94. The number of likely N-dealkylation sites (tertiary alicyclic amines) is 1. The lowest BCUT2D eigenvalue weighted by Crippen LogP contribution is -2.47. The fourth-order valence-corrected chi connectivity index (χ4v) is 3.76. The number of aliphatic hydroxyl groups excluding tert-OH is 1. The van der Waals surface area contributed by atoms with Crippen molar-refractivity contribution in [2.24, 2.45) is 5.92 Å². The molecule has 1 saturated heterocycles. The second-order valence-corrected chi connectivity index (χ2v) is 7.47. The Bertz CT molecular complexity index is 516. The van der Waals surface area contributed by atoms with E-state index in [2.05, 4.69) is 5.32 Å². The van der Waals surface area contributed by atoms with Gasteiger partial charge in [0, 0.05) is 18.0 Å². The molecule has 3 atom stereocenters. The molecule has 0 spiro atoms. The second-order valence-electron chi connectivity index (χ2n) is 6.44. The van der Waals surface area contributed by atoms with Crippen LogP contribution < -0.4 is 5.32 Å². The number of carbonyl (C=O) groups is 2. The first-order valence-corrected chi connectivity index (χ1v) is 9.13. The molecule has 2 amide bonds. The molecule has 3 unspecified atom stereocenters. The maximum atomic E-state index is 12.4. The largest absolute Gasteiger partial charge is 0.393 e. The molecule has 5 nitrogen and oxygen atoms in total. The SMILES string of the molecule is CC(O)CC(C)CNC(=O)C1CCCN1C(=O)Cc1cccs1. The highest BCUT2D eigenvalue weighted by molar-refractivity contribution is 7.10. The van der Waals surface area contributed by atoms with E-state index in [1.165, 1.54) is 0 Å². The Morgan fingerprint density at radius 2 is 2.26 bits per heavy atom. The van der Waals surface area contributed by atoms with Crippen molar-refractivity contribution in [3.8, 4) is 0 Å². The summed E-state index contributed by atoms with van der Waals surface area (Å²) in [5, 5.41) is 14.3. The average Bonchev–Trinajstić information content (AvgIpc) is 3.14. The number of carbonyl (C=O) groups excluding carboxylic acids is 2. The van der Waals surface area contributed by atoms with Gasteiger partial charge in [0.05, 0.1) is 12.5 Å². The molecule has 1 aliphatic rings. The first kappa shape index (κ1) is 17.9. The first-order chi connectivity index (χ1) is 11.0. The van der Waals surface area contributed by atoms with Crippen molar-refractivity contribution in [3.63, 3.8) is 0 Å². The Labute approximate surface area is 141 Å². The van der Waals surface area contributed by atoms with E-state index in [1.807, 2.05) is 24.4 Å². The molecule has 0 saturated carbocycles. The standard InChI is InChI=1S/C17H26N2O3S/c1-12(9-13(2)20)11-18-17(22)15-6-3-7-19(15)16(21)10-14-5-4-8-23-14/h4-5,8,12-13,15,20H,3,6-7,9-11H2,1-2H3,(H,18,22). The number of amides is 2. The highest BCUT2D eigenvalue weighted by Crippen LogP contribution is 2.20. The van der Waals surface area contributed by atoms with Crippen molar-refractivity contribution in [3.05, 3.63) is 22.4 Å². The number of hydrogen-bond acceptors (Lipinski definition) is 4. The number of thiophene rings is 1. The Morgan fingerprint density at radius 3 is 2.91 bits per heavy atom. The van der Waals surface area contributed by atoms with Gasteiger partial charge >= 0.3 is 0 Å². The predicted molar refractivity (Wildman–Crippen MR) is 91.2 cm³/mol. The van der Waals surface area contributed by atoms with Crippen molar-refractivity contribution in [2.75, 3.05) is 13.1 Å². The van der Waals surface area contributed by atoms with Crippen LogP contribution in [0, 0.1) is 5.92 Å². The summed E-state index contributed by atoms with van der Waals surface area (Å²) in [4.78, 5) is 27.6. The van der Waals surface area contributed by atoms with Gasteiger partial charge in [0.25, 0.3) is 0 Å². The highest BCUT2D eigenvalue weighted by atomic mass is 32.1. The number of rotatable bonds is 7. The van der Waals surface area contributed by atoms with Crippen molar-refractivity contribution in [1.82, 2.24) is 10.2 Å². The third-order valence-electron chi connectivity index (χ3n) is 4.15. The molecule has 1 aromatic heterocycles. The minimum atomic E-state index is -0.364. The third-order valence-corrected chi connectivity index (χ3v) is 5.03. The van der Waals surface area contributed by atoms with Gasteiger partial charge in [0.1, 0.15) is 6.04 Å². The smallest absolute Gasteiger partial charge is 0.242 e. The van der Waals surface area contributed by atoms with Crippen LogP contribution in [-0.4, -0.2) is 47.1 Å². The van der Waals surface area contributed by atoms with Gasteiger partial charge in [-0.3, -0.25) is 9.59 Å². The van der Waals surface area contributed by atoms with Crippen molar-refractivity contribution in [1.29, 1.82) is 0 Å². The summed E-state index contributed by atoms with van der Waals surface area (Å²) in [5.41, 5.74) is 0. The number of nitrogens with one attached hydrogen (secondary N) is 1. The predicted octanol–water partition coefficient (Wildman–Crippen LogP) is 1.80. The van der Waals surface area contributed by atoms with Gasteiger partial charge in [0.15, 0.2) is 0 Å². The molecular weight excluding hydrogens is 312 g/mol. The normalized spacial score (nSPS) is 20.3. The van der Waals surface area contributed by atoms with Crippen LogP contribution in [0.4, 0.5) is 0 Å². The van der Waals surface area contributed by atoms with E-state index in [-0.39, 0.29) is 29.9 Å². The van der Waals surface area contributed by atoms with E-state index in [1.54, 1.807) is 23.2 Å². The molecule has 0 bridgehead atoms. The van der Waals surface area contributed by atoms with Gasteiger partial charge in [-0.15, -0.1) is 11.3 Å². The molecule has 2 N–H and O–H groups in total. The van der Waals surface area contributed by atoms with Gasteiger partial charge < -0.3 is 15.3 Å². The minimum Gasteiger partial charge on any atom is -0.393 e. The average molecular weight is 338 g/mol. The molecular formula is C17H26N2O3S. The van der Waals surface area contributed by atoms with Crippen molar-refractivity contribution in [2.45, 2.75) is 51.7 Å². The zero-order chi connectivity index (χ0) is 16.8. The zero-order valence-corrected chi connectivity index (χ0v) is 14.6. The molecule has 128 valence electrons. The third kappa shape index (κ3) is 5.32. The fourth-order valence-electron chi connectivity index (χ4n) is 3.06. The molecule has 2 rings (SSSR count). The van der Waals surface area contributed by atoms with E-state index in [0.717, 1.165) is 17.7 Å². The van der Waals surface area contributed by atoms with Crippen LogP contribution in [0.2, 0.25) is 0 Å². The molecule has 23 heavy (non-hydrogen) atoms. The van der Waals surface area contributed by atoms with Gasteiger partial charge in [-0.1, -0.05) is 13.0 Å². The van der Waals surface area contributed by atoms with E-state index < -0.39 is 0 Å². The monoisotopic (exact) mass is 338 g/mol. The zero-order valence-electron chi connectivity index (χ0n) is 13.8. The van der Waals surface area contributed by atoms with Gasteiger partial charge in [-0.2, -0.15) is 0 Å². The van der Waals surface area contributed by atoms with E-state index >= 15 is 0 Å². The molecule has 0 aliphatic carbocycles. The van der Waals surface area contributed by atoms with Crippen LogP contribution >= 0.6 is 11.3 Å². The Kier molecular flexibility index (Phi) is 6.59. The molecule has 0 aromatic carbocycles. The summed E-state index contributed by atoms with van der Waals surface area (Å²) in [6.07, 6.45) is 2.27. The number of hydrogen-bond donors (Lipinski definition) is 2. The van der Waals surface area contributed by atoms with Crippen LogP contribution in [-0.2, 0) is 16.0 Å². The molecule has 2 heterocycles. The van der Waals surface area contributed by atoms with E-state index in [9.17, 15) is 14.7 Å². The Hall–Kier alpha value is -1.40. The van der Waals surface area contributed by atoms with Gasteiger partial charge in [-0.05, 0) is 43.6 Å². The quantitative estimate of drug-likeness (QED) is 0.796. The maximum Gasteiger partial charge on any atom is 0.242 e. The summed E-state index contributed by atoms with van der Waals surface area (Å²) in [7, 11) is 0. The summed E-state index contributed by atoms with van der Waals surface area (Å²) in [6, 6.07) is 3.54.